The molecule has 3 atom stereocenters. The minimum atomic E-state index is -0.507. The normalized spacial score (nSPS) is 27.7. The van der Waals surface area contributed by atoms with E-state index in [1.807, 2.05) is 0 Å². The summed E-state index contributed by atoms with van der Waals surface area (Å²) in [6, 6.07) is 0.815. The molecule has 1 amide bonds. The van der Waals surface area contributed by atoms with E-state index in [0.717, 1.165) is 13.0 Å². The highest BCUT2D eigenvalue weighted by molar-refractivity contribution is 5.85. The van der Waals surface area contributed by atoms with Crippen LogP contribution in [0.1, 0.15) is 25.7 Å². The number of nitrogens with zero attached hydrogens (tertiary/aromatic N) is 1. The second kappa shape index (κ2) is 8.97. The van der Waals surface area contributed by atoms with Crippen LogP contribution in [0.15, 0.2) is 0 Å². The van der Waals surface area contributed by atoms with E-state index in [9.17, 15) is 4.79 Å². The van der Waals surface area contributed by atoms with Crippen LogP contribution in [0.4, 0.5) is 0 Å². The average Bonchev–Trinajstić information content (AvgIpc) is 2.74. The van der Waals surface area contributed by atoms with Gasteiger partial charge in [0.1, 0.15) is 6.10 Å². The number of hydrogen-bond acceptors (Lipinski definition) is 4. The van der Waals surface area contributed by atoms with Crippen LogP contribution < -0.4 is 11.1 Å². The van der Waals surface area contributed by atoms with Crippen LogP contribution in [0.2, 0.25) is 0 Å². The highest BCUT2D eigenvalue weighted by atomic mass is 35.5. The SMILES string of the molecule is COC(CN)C(=O)NC1CCN2CCCCC12.Cl.Cl. The van der Waals surface area contributed by atoms with Crippen molar-refractivity contribution in [1.82, 2.24) is 10.2 Å². The van der Waals surface area contributed by atoms with Crippen molar-refractivity contribution in [2.75, 3.05) is 26.7 Å². The Labute approximate surface area is 127 Å². The predicted octanol–water partition coefficient (Wildman–Crippen LogP) is 0.547. The van der Waals surface area contributed by atoms with E-state index in [4.69, 9.17) is 10.5 Å². The molecular weight excluding hydrogens is 289 g/mol. The van der Waals surface area contributed by atoms with E-state index in [-0.39, 0.29) is 43.3 Å². The molecule has 2 rings (SSSR count). The third-order valence-electron chi connectivity index (χ3n) is 3.97. The van der Waals surface area contributed by atoms with Crippen molar-refractivity contribution in [3.05, 3.63) is 0 Å². The van der Waals surface area contributed by atoms with Gasteiger partial charge in [-0.2, -0.15) is 0 Å². The summed E-state index contributed by atoms with van der Waals surface area (Å²) in [6.07, 6.45) is 4.31. The zero-order valence-electron chi connectivity index (χ0n) is 11.3. The maximum absolute atomic E-state index is 11.9. The molecule has 0 spiro atoms. The number of nitrogens with two attached hydrogens (primary N) is 1. The molecule has 2 aliphatic heterocycles. The fourth-order valence-electron chi connectivity index (χ4n) is 3.00. The van der Waals surface area contributed by atoms with E-state index in [2.05, 4.69) is 10.2 Å². The number of amides is 1. The van der Waals surface area contributed by atoms with Gasteiger partial charge in [-0.25, -0.2) is 0 Å². The summed E-state index contributed by atoms with van der Waals surface area (Å²) in [6.45, 7) is 2.53. The van der Waals surface area contributed by atoms with Crippen LogP contribution in [-0.4, -0.2) is 55.7 Å². The number of carbonyl (C=O) groups is 1. The van der Waals surface area contributed by atoms with Crippen molar-refractivity contribution in [2.45, 2.75) is 43.9 Å². The summed E-state index contributed by atoms with van der Waals surface area (Å²) in [5.41, 5.74) is 5.49. The summed E-state index contributed by atoms with van der Waals surface area (Å²) in [4.78, 5) is 14.4. The fraction of sp³-hybridized carbons (Fsp3) is 0.917. The first-order chi connectivity index (χ1) is 8.26. The van der Waals surface area contributed by atoms with Gasteiger partial charge in [-0.1, -0.05) is 6.42 Å². The summed E-state index contributed by atoms with van der Waals surface area (Å²) in [7, 11) is 1.53. The first-order valence-corrected chi connectivity index (χ1v) is 6.53. The van der Waals surface area contributed by atoms with Crippen LogP contribution in [-0.2, 0) is 9.53 Å². The van der Waals surface area contributed by atoms with Crippen LogP contribution in [0, 0.1) is 0 Å². The number of methoxy groups -OCH3 is 1. The lowest BCUT2D eigenvalue weighted by Crippen LogP contribution is -2.50. The quantitative estimate of drug-likeness (QED) is 0.795. The lowest BCUT2D eigenvalue weighted by Gasteiger charge is -2.33. The Morgan fingerprint density at radius 3 is 2.74 bits per heavy atom. The van der Waals surface area contributed by atoms with Gasteiger partial charge in [0.2, 0.25) is 0 Å². The van der Waals surface area contributed by atoms with Crippen molar-refractivity contribution in [3.63, 3.8) is 0 Å². The van der Waals surface area contributed by atoms with Gasteiger partial charge in [0.15, 0.2) is 0 Å². The number of fused-ring (bicyclic) bond motifs is 1. The molecule has 0 radical (unpaired) electrons. The van der Waals surface area contributed by atoms with E-state index < -0.39 is 6.10 Å². The number of carbonyl (C=O) groups excluding carboxylic acids is 1. The molecule has 5 nitrogen and oxygen atoms in total. The number of nitrogens with one attached hydrogen (secondary N) is 1. The molecule has 0 saturated carbocycles. The minimum Gasteiger partial charge on any atom is -0.370 e. The van der Waals surface area contributed by atoms with Gasteiger partial charge >= 0.3 is 0 Å². The summed E-state index contributed by atoms with van der Waals surface area (Å²) < 4.78 is 5.06. The Hall–Kier alpha value is -0.0700. The summed E-state index contributed by atoms with van der Waals surface area (Å²) >= 11 is 0. The van der Waals surface area contributed by atoms with Gasteiger partial charge in [0, 0.05) is 32.3 Å². The minimum absolute atomic E-state index is 0. The Bertz CT molecular complexity index is 278. The molecule has 2 fully saturated rings. The second-order valence-corrected chi connectivity index (χ2v) is 4.96. The fourth-order valence-corrected chi connectivity index (χ4v) is 3.00. The van der Waals surface area contributed by atoms with Crippen molar-refractivity contribution < 1.29 is 9.53 Å². The molecular formula is C12H25Cl2N3O2. The third kappa shape index (κ3) is 4.46. The zero-order chi connectivity index (χ0) is 12.3. The first kappa shape index (κ1) is 18.9. The highest BCUT2D eigenvalue weighted by Crippen LogP contribution is 2.27. The van der Waals surface area contributed by atoms with Gasteiger partial charge < -0.3 is 15.8 Å². The van der Waals surface area contributed by atoms with Gasteiger partial charge in [0.25, 0.3) is 5.91 Å². The van der Waals surface area contributed by atoms with Crippen LogP contribution in [0.3, 0.4) is 0 Å². The molecule has 0 aromatic carbocycles. The van der Waals surface area contributed by atoms with Gasteiger partial charge in [-0.15, -0.1) is 24.8 Å². The Balaban J connectivity index is 0.00000162. The standard InChI is InChI=1S/C12H23N3O2.2ClH/c1-17-11(8-13)12(16)14-9-5-7-15-6-3-2-4-10(9)15;;/h9-11H,2-8,13H2,1H3,(H,14,16);2*1H. The molecule has 0 bridgehead atoms. The smallest absolute Gasteiger partial charge is 0.250 e. The molecule has 3 unspecified atom stereocenters. The largest absolute Gasteiger partial charge is 0.370 e. The highest BCUT2D eigenvalue weighted by Gasteiger charge is 2.36. The molecule has 3 N–H and O–H groups in total. The summed E-state index contributed by atoms with van der Waals surface area (Å²) in [5, 5.41) is 3.09. The molecule has 19 heavy (non-hydrogen) atoms. The van der Waals surface area contributed by atoms with Gasteiger partial charge in [0.05, 0.1) is 0 Å². The van der Waals surface area contributed by atoms with Crippen LogP contribution >= 0.6 is 24.8 Å². The van der Waals surface area contributed by atoms with E-state index >= 15 is 0 Å². The second-order valence-electron chi connectivity index (χ2n) is 4.96. The molecule has 7 heteroatoms. The predicted molar refractivity (Wildman–Crippen MR) is 80.1 cm³/mol. The Morgan fingerprint density at radius 2 is 2.11 bits per heavy atom. The van der Waals surface area contributed by atoms with Crippen molar-refractivity contribution in [3.8, 4) is 0 Å². The first-order valence-electron chi connectivity index (χ1n) is 6.53. The van der Waals surface area contributed by atoms with Crippen LogP contribution in [0.5, 0.6) is 0 Å². The Kier molecular flexibility index (Phi) is 8.94. The molecule has 0 aromatic rings. The molecule has 2 heterocycles. The average molecular weight is 314 g/mol. The van der Waals surface area contributed by atoms with E-state index in [1.165, 1.54) is 32.9 Å². The topological polar surface area (TPSA) is 67.6 Å². The van der Waals surface area contributed by atoms with Crippen LogP contribution in [0.25, 0.3) is 0 Å². The van der Waals surface area contributed by atoms with Gasteiger partial charge in [-0.3, -0.25) is 9.69 Å². The Morgan fingerprint density at radius 1 is 1.37 bits per heavy atom. The number of hydrogen-bond donors (Lipinski definition) is 2. The molecule has 0 aliphatic carbocycles. The maximum atomic E-state index is 11.9. The van der Waals surface area contributed by atoms with Crippen molar-refractivity contribution in [1.29, 1.82) is 0 Å². The number of halogens is 2. The molecule has 2 aliphatic rings. The van der Waals surface area contributed by atoms with E-state index in [1.54, 1.807) is 0 Å². The lowest BCUT2D eigenvalue weighted by atomic mass is 9.99. The monoisotopic (exact) mass is 313 g/mol. The number of ether oxygens (including phenoxy) is 1. The maximum Gasteiger partial charge on any atom is 0.250 e. The van der Waals surface area contributed by atoms with Crippen molar-refractivity contribution in [2.24, 2.45) is 5.73 Å². The third-order valence-corrected chi connectivity index (χ3v) is 3.97. The summed E-state index contributed by atoms with van der Waals surface area (Å²) in [5.74, 6) is -0.0626. The van der Waals surface area contributed by atoms with E-state index in [0.29, 0.717) is 6.04 Å². The number of rotatable bonds is 4. The zero-order valence-corrected chi connectivity index (χ0v) is 13.0. The van der Waals surface area contributed by atoms with Crippen molar-refractivity contribution >= 4 is 30.7 Å². The molecule has 2 saturated heterocycles. The molecule has 0 aromatic heterocycles. The lowest BCUT2D eigenvalue weighted by molar-refractivity contribution is -0.131. The number of piperidine rings is 1. The van der Waals surface area contributed by atoms with Gasteiger partial charge in [-0.05, 0) is 25.8 Å². The molecule has 114 valence electrons.